The van der Waals surface area contributed by atoms with Gasteiger partial charge >= 0.3 is 12.3 Å². The number of hydrogen-bond donors (Lipinski definition) is 2. The third-order valence-electron chi connectivity index (χ3n) is 3.26. The second kappa shape index (κ2) is 8.17. The van der Waals surface area contributed by atoms with Gasteiger partial charge in [-0.15, -0.1) is 11.3 Å². The Bertz CT molecular complexity index is 873. The summed E-state index contributed by atoms with van der Waals surface area (Å²) in [4.78, 5) is 28.4. The number of alkyl halides is 3. The molecule has 28 heavy (non-hydrogen) atoms. The highest BCUT2D eigenvalue weighted by molar-refractivity contribution is 7.09. The zero-order valence-electron chi connectivity index (χ0n) is 15.7. The minimum absolute atomic E-state index is 0.00921. The van der Waals surface area contributed by atoms with Crippen LogP contribution in [-0.4, -0.2) is 22.6 Å². The Labute approximate surface area is 164 Å². The monoisotopic (exact) mass is 415 g/mol. The molecule has 0 atom stereocenters. The average molecular weight is 415 g/mol. The summed E-state index contributed by atoms with van der Waals surface area (Å²) in [6.07, 6.45) is -5.56. The Morgan fingerprint density at radius 2 is 1.82 bits per heavy atom. The quantitative estimate of drug-likeness (QED) is 0.737. The number of thiazole rings is 1. The van der Waals surface area contributed by atoms with Crippen LogP contribution in [0.5, 0.6) is 0 Å². The number of ether oxygens (including phenoxy) is 1. The van der Waals surface area contributed by atoms with Gasteiger partial charge in [-0.05, 0) is 45.9 Å². The average Bonchev–Trinajstić information content (AvgIpc) is 2.90. The third kappa shape index (κ3) is 6.52. The maximum Gasteiger partial charge on any atom is 0.416 e. The molecule has 0 unspecified atom stereocenters. The SMILES string of the molecule is Cc1nc(CC(=O)Nc2cc(C(F)(F)F)ccc2NC(=O)OC(C)(C)C)cs1. The summed E-state index contributed by atoms with van der Waals surface area (Å²) in [5.74, 6) is -0.558. The maximum atomic E-state index is 13.0. The topological polar surface area (TPSA) is 80.3 Å². The first-order valence-electron chi connectivity index (χ1n) is 8.25. The van der Waals surface area contributed by atoms with E-state index in [0.717, 1.165) is 23.2 Å². The van der Waals surface area contributed by atoms with Crippen molar-refractivity contribution in [2.45, 2.75) is 45.9 Å². The molecule has 0 aliphatic carbocycles. The second-order valence-electron chi connectivity index (χ2n) is 6.97. The highest BCUT2D eigenvalue weighted by Crippen LogP contribution is 2.34. The lowest BCUT2D eigenvalue weighted by Crippen LogP contribution is -2.27. The van der Waals surface area contributed by atoms with Gasteiger partial charge in [-0.1, -0.05) is 0 Å². The van der Waals surface area contributed by atoms with Crippen LogP contribution < -0.4 is 10.6 Å². The molecule has 0 fully saturated rings. The van der Waals surface area contributed by atoms with Crippen LogP contribution >= 0.6 is 11.3 Å². The van der Waals surface area contributed by atoms with Gasteiger partial charge in [0.05, 0.1) is 34.1 Å². The highest BCUT2D eigenvalue weighted by Gasteiger charge is 2.31. The van der Waals surface area contributed by atoms with Gasteiger partial charge in [-0.25, -0.2) is 9.78 Å². The standard InChI is InChI=1S/C18H20F3N3O3S/c1-10-22-12(9-28-10)8-15(25)23-14-7-11(18(19,20)21)5-6-13(14)24-16(26)27-17(2,3)4/h5-7,9H,8H2,1-4H3,(H,23,25)(H,24,26). The smallest absolute Gasteiger partial charge is 0.416 e. The number of aromatic nitrogens is 1. The van der Waals surface area contributed by atoms with Gasteiger partial charge in [-0.2, -0.15) is 13.2 Å². The molecule has 0 saturated heterocycles. The fourth-order valence-electron chi connectivity index (χ4n) is 2.19. The van der Waals surface area contributed by atoms with Gasteiger partial charge in [0.2, 0.25) is 5.91 Å². The van der Waals surface area contributed by atoms with E-state index in [1.165, 1.54) is 11.3 Å². The first kappa shape index (κ1) is 21.7. The van der Waals surface area contributed by atoms with Gasteiger partial charge in [0.15, 0.2) is 0 Å². The molecular weight excluding hydrogens is 395 g/mol. The molecule has 2 rings (SSSR count). The van der Waals surface area contributed by atoms with Crippen molar-refractivity contribution in [2.24, 2.45) is 0 Å². The normalized spacial score (nSPS) is 11.8. The van der Waals surface area contributed by atoms with E-state index in [1.54, 1.807) is 33.1 Å². The number of rotatable bonds is 4. The van der Waals surface area contributed by atoms with Crippen LogP contribution in [0.1, 0.15) is 37.0 Å². The van der Waals surface area contributed by atoms with E-state index in [-0.39, 0.29) is 17.8 Å². The summed E-state index contributed by atoms with van der Waals surface area (Å²) in [6, 6.07) is 2.64. The summed E-state index contributed by atoms with van der Waals surface area (Å²) >= 11 is 1.36. The first-order valence-corrected chi connectivity index (χ1v) is 9.13. The number of amides is 2. The summed E-state index contributed by atoms with van der Waals surface area (Å²) in [5, 5.41) is 7.23. The van der Waals surface area contributed by atoms with Crippen molar-refractivity contribution in [1.82, 2.24) is 4.98 Å². The lowest BCUT2D eigenvalue weighted by molar-refractivity contribution is -0.137. The fourth-order valence-corrected chi connectivity index (χ4v) is 2.81. The Hall–Kier alpha value is -2.62. The largest absolute Gasteiger partial charge is 0.444 e. The van der Waals surface area contributed by atoms with Gasteiger partial charge in [-0.3, -0.25) is 10.1 Å². The Morgan fingerprint density at radius 1 is 1.14 bits per heavy atom. The lowest BCUT2D eigenvalue weighted by atomic mass is 10.1. The van der Waals surface area contributed by atoms with E-state index in [0.29, 0.717) is 5.69 Å². The lowest BCUT2D eigenvalue weighted by Gasteiger charge is -2.21. The Balaban J connectivity index is 2.24. The number of carbonyl (C=O) groups excluding carboxylic acids is 2. The van der Waals surface area contributed by atoms with E-state index in [4.69, 9.17) is 4.74 Å². The molecule has 0 radical (unpaired) electrons. The minimum Gasteiger partial charge on any atom is -0.444 e. The van der Waals surface area contributed by atoms with Gasteiger partial charge < -0.3 is 10.1 Å². The fraction of sp³-hybridized carbons (Fsp3) is 0.389. The van der Waals surface area contributed by atoms with E-state index in [2.05, 4.69) is 15.6 Å². The number of halogens is 3. The van der Waals surface area contributed by atoms with Crippen molar-refractivity contribution in [3.05, 3.63) is 39.8 Å². The molecule has 0 aliphatic heterocycles. The number of benzene rings is 1. The van der Waals surface area contributed by atoms with Crippen molar-refractivity contribution in [3.8, 4) is 0 Å². The Morgan fingerprint density at radius 3 is 2.36 bits per heavy atom. The van der Waals surface area contributed by atoms with Gasteiger partial charge in [0, 0.05) is 5.38 Å². The molecular formula is C18H20F3N3O3S. The predicted molar refractivity (Wildman–Crippen MR) is 100 cm³/mol. The van der Waals surface area contributed by atoms with Crippen LogP contribution in [0.15, 0.2) is 23.6 Å². The van der Waals surface area contributed by atoms with Gasteiger partial charge in [0.25, 0.3) is 0 Å². The molecule has 0 aliphatic rings. The summed E-state index contributed by atoms with van der Waals surface area (Å²) < 4.78 is 44.2. The first-order chi connectivity index (χ1) is 12.8. The zero-order chi connectivity index (χ0) is 21.1. The van der Waals surface area contributed by atoms with Crippen molar-refractivity contribution < 1.29 is 27.5 Å². The van der Waals surface area contributed by atoms with Crippen LogP contribution in [0.2, 0.25) is 0 Å². The number of carbonyl (C=O) groups is 2. The molecule has 152 valence electrons. The molecule has 1 aromatic heterocycles. The molecule has 10 heteroatoms. The van der Waals surface area contributed by atoms with Crippen LogP contribution in [0.25, 0.3) is 0 Å². The molecule has 1 aromatic carbocycles. The molecule has 0 saturated carbocycles. The van der Waals surface area contributed by atoms with E-state index < -0.39 is 29.3 Å². The summed E-state index contributed by atoms with van der Waals surface area (Å²) in [6.45, 7) is 6.73. The van der Waals surface area contributed by atoms with Crippen molar-refractivity contribution in [1.29, 1.82) is 0 Å². The summed E-state index contributed by atoms with van der Waals surface area (Å²) in [5.41, 5.74) is -1.43. The zero-order valence-corrected chi connectivity index (χ0v) is 16.5. The molecule has 0 spiro atoms. The molecule has 2 N–H and O–H groups in total. The van der Waals surface area contributed by atoms with Crippen molar-refractivity contribution >= 4 is 34.7 Å². The summed E-state index contributed by atoms with van der Waals surface area (Å²) in [7, 11) is 0. The van der Waals surface area contributed by atoms with Crippen molar-refractivity contribution in [2.75, 3.05) is 10.6 Å². The van der Waals surface area contributed by atoms with E-state index in [9.17, 15) is 22.8 Å². The van der Waals surface area contributed by atoms with Crippen LogP contribution in [0.3, 0.4) is 0 Å². The highest BCUT2D eigenvalue weighted by atomic mass is 32.1. The number of aryl methyl sites for hydroxylation is 1. The number of anilines is 2. The number of nitrogens with zero attached hydrogens (tertiary/aromatic N) is 1. The third-order valence-corrected chi connectivity index (χ3v) is 4.09. The van der Waals surface area contributed by atoms with Crippen LogP contribution in [0, 0.1) is 6.92 Å². The van der Waals surface area contributed by atoms with E-state index >= 15 is 0 Å². The second-order valence-corrected chi connectivity index (χ2v) is 8.03. The van der Waals surface area contributed by atoms with E-state index in [1.807, 2.05) is 0 Å². The van der Waals surface area contributed by atoms with Crippen LogP contribution in [-0.2, 0) is 22.1 Å². The number of hydrogen-bond acceptors (Lipinski definition) is 5. The number of nitrogens with one attached hydrogen (secondary N) is 2. The maximum absolute atomic E-state index is 13.0. The molecule has 2 aromatic rings. The Kier molecular flexibility index (Phi) is 6.33. The van der Waals surface area contributed by atoms with Gasteiger partial charge in [0.1, 0.15) is 5.60 Å². The minimum atomic E-state index is -4.60. The molecule has 0 bridgehead atoms. The van der Waals surface area contributed by atoms with Crippen LogP contribution in [0.4, 0.5) is 29.3 Å². The predicted octanol–water partition coefficient (Wildman–Crippen LogP) is 5.00. The molecule has 2 amide bonds. The molecule has 6 nitrogen and oxygen atoms in total. The van der Waals surface area contributed by atoms with Crippen molar-refractivity contribution in [3.63, 3.8) is 0 Å². The molecule has 1 heterocycles.